The van der Waals surface area contributed by atoms with Crippen molar-refractivity contribution in [3.63, 3.8) is 0 Å². The molecule has 0 atom stereocenters. The van der Waals surface area contributed by atoms with Crippen LogP contribution in [-0.2, 0) is 9.53 Å². The van der Waals surface area contributed by atoms with Crippen molar-refractivity contribution in [3.8, 4) is 0 Å². The van der Waals surface area contributed by atoms with Gasteiger partial charge in [0.15, 0.2) is 0 Å². The van der Waals surface area contributed by atoms with Gasteiger partial charge in [0.2, 0.25) is 5.91 Å². The number of benzene rings is 2. The molecule has 2 aromatic rings. The Labute approximate surface area is 143 Å². The molecule has 1 N–H and O–H groups in total. The van der Waals surface area contributed by atoms with Crippen LogP contribution in [-0.4, -0.2) is 19.0 Å². The molecule has 0 unspecified atom stereocenters. The zero-order chi connectivity index (χ0) is 16.8. The molecule has 23 heavy (non-hydrogen) atoms. The van der Waals surface area contributed by atoms with Crippen LogP contribution in [0.1, 0.15) is 15.9 Å². The van der Waals surface area contributed by atoms with Gasteiger partial charge in [-0.1, -0.05) is 35.3 Å². The van der Waals surface area contributed by atoms with Crippen LogP contribution < -0.4 is 5.32 Å². The number of carbonyl (C=O) groups excluding carboxylic acids is 2. The number of esters is 1. The highest BCUT2D eigenvalue weighted by Gasteiger charge is 2.06. The fourth-order valence-electron chi connectivity index (χ4n) is 1.81. The van der Waals surface area contributed by atoms with Gasteiger partial charge in [0.25, 0.3) is 0 Å². The molecule has 2 rings (SSSR count). The molecule has 1 amide bonds. The maximum Gasteiger partial charge on any atom is 0.337 e. The molecule has 0 heterocycles. The highest BCUT2D eigenvalue weighted by Crippen LogP contribution is 2.23. The highest BCUT2D eigenvalue weighted by molar-refractivity contribution is 6.42. The summed E-state index contributed by atoms with van der Waals surface area (Å²) in [4.78, 5) is 23.4. The van der Waals surface area contributed by atoms with Crippen molar-refractivity contribution in [2.45, 2.75) is 0 Å². The van der Waals surface area contributed by atoms with Crippen LogP contribution in [0.3, 0.4) is 0 Å². The lowest BCUT2D eigenvalue weighted by molar-refractivity contribution is -0.111. The predicted octanol–water partition coefficient (Wildman–Crippen LogP) is 4.43. The van der Waals surface area contributed by atoms with E-state index in [1.807, 2.05) is 0 Å². The number of hydrogen-bond donors (Lipinski definition) is 1. The normalized spacial score (nSPS) is 10.6. The molecule has 0 aliphatic heterocycles. The third-order valence-corrected chi connectivity index (χ3v) is 3.66. The molecule has 0 saturated carbocycles. The third-order valence-electron chi connectivity index (χ3n) is 2.92. The molecular formula is C17H13Cl2NO3. The van der Waals surface area contributed by atoms with Crippen molar-refractivity contribution in [2.75, 3.05) is 12.4 Å². The number of anilines is 1. The van der Waals surface area contributed by atoms with Gasteiger partial charge in [-0.05, 0) is 42.0 Å². The second kappa shape index (κ2) is 7.81. The summed E-state index contributed by atoms with van der Waals surface area (Å²) < 4.78 is 4.63. The van der Waals surface area contributed by atoms with Crippen molar-refractivity contribution in [1.82, 2.24) is 0 Å². The molecule has 0 aliphatic carbocycles. The first-order chi connectivity index (χ1) is 11.0. The zero-order valence-corrected chi connectivity index (χ0v) is 13.7. The van der Waals surface area contributed by atoms with E-state index >= 15 is 0 Å². The zero-order valence-electron chi connectivity index (χ0n) is 12.2. The summed E-state index contributed by atoms with van der Waals surface area (Å²) in [6.45, 7) is 0. The first-order valence-corrected chi connectivity index (χ1v) is 7.37. The van der Waals surface area contributed by atoms with Crippen LogP contribution in [0.4, 0.5) is 5.69 Å². The Morgan fingerprint density at radius 1 is 1.09 bits per heavy atom. The Morgan fingerprint density at radius 2 is 1.87 bits per heavy atom. The molecule has 6 heteroatoms. The Balaban J connectivity index is 2.05. The Morgan fingerprint density at radius 3 is 2.57 bits per heavy atom. The number of carbonyl (C=O) groups is 2. The second-order valence-corrected chi connectivity index (χ2v) is 5.38. The second-order valence-electron chi connectivity index (χ2n) is 4.57. The lowest BCUT2D eigenvalue weighted by atomic mass is 10.2. The van der Waals surface area contributed by atoms with Gasteiger partial charge >= 0.3 is 5.97 Å². The van der Waals surface area contributed by atoms with E-state index in [2.05, 4.69) is 10.1 Å². The van der Waals surface area contributed by atoms with E-state index in [-0.39, 0.29) is 5.91 Å². The molecule has 0 aliphatic rings. The molecule has 0 saturated heterocycles. The average molecular weight is 350 g/mol. The van der Waals surface area contributed by atoms with Crippen molar-refractivity contribution >= 4 is 46.8 Å². The summed E-state index contributed by atoms with van der Waals surface area (Å²) in [5, 5.41) is 3.53. The molecule has 0 bridgehead atoms. The summed E-state index contributed by atoms with van der Waals surface area (Å²) in [7, 11) is 1.30. The van der Waals surface area contributed by atoms with Gasteiger partial charge in [0.05, 0.1) is 22.7 Å². The van der Waals surface area contributed by atoms with Gasteiger partial charge < -0.3 is 10.1 Å². The van der Waals surface area contributed by atoms with Gasteiger partial charge in [-0.25, -0.2) is 4.79 Å². The summed E-state index contributed by atoms with van der Waals surface area (Å²) in [5.74, 6) is -0.800. The number of rotatable bonds is 4. The topological polar surface area (TPSA) is 55.4 Å². The lowest BCUT2D eigenvalue weighted by Crippen LogP contribution is -2.09. The minimum atomic E-state index is -0.465. The monoisotopic (exact) mass is 349 g/mol. The van der Waals surface area contributed by atoms with Gasteiger partial charge in [0, 0.05) is 11.8 Å². The summed E-state index contributed by atoms with van der Waals surface area (Å²) in [5.41, 5.74) is 1.60. The number of halogens is 2. The molecule has 0 spiro atoms. The van der Waals surface area contributed by atoms with Crippen molar-refractivity contribution in [3.05, 3.63) is 69.7 Å². The van der Waals surface area contributed by atoms with Gasteiger partial charge in [-0.3, -0.25) is 4.79 Å². The summed E-state index contributed by atoms with van der Waals surface area (Å²) in [6.07, 6.45) is 2.98. The molecule has 0 fully saturated rings. The van der Waals surface area contributed by atoms with Crippen molar-refractivity contribution in [2.24, 2.45) is 0 Å². The van der Waals surface area contributed by atoms with E-state index in [1.165, 1.54) is 19.3 Å². The minimum absolute atomic E-state index is 0.335. The average Bonchev–Trinajstić information content (AvgIpc) is 2.55. The fourth-order valence-corrected chi connectivity index (χ4v) is 2.12. The van der Waals surface area contributed by atoms with E-state index in [0.717, 1.165) is 5.56 Å². The van der Waals surface area contributed by atoms with Crippen molar-refractivity contribution < 1.29 is 14.3 Å². The molecular weight excluding hydrogens is 337 g/mol. The molecule has 0 radical (unpaired) electrons. The van der Waals surface area contributed by atoms with Crippen LogP contribution in [0.2, 0.25) is 10.0 Å². The predicted molar refractivity (Wildman–Crippen MR) is 91.9 cm³/mol. The Bertz CT molecular complexity index is 772. The van der Waals surface area contributed by atoms with Crippen LogP contribution in [0.5, 0.6) is 0 Å². The number of nitrogens with one attached hydrogen (secondary N) is 1. The lowest BCUT2D eigenvalue weighted by Gasteiger charge is -2.04. The first kappa shape index (κ1) is 17.1. The van der Waals surface area contributed by atoms with Gasteiger partial charge in [0.1, 0.15) is 0 Å². The SMILES string of the molecule is COC(=O)c1cccc(NC(=O)/C=C/c2ccc(Cl)c(Cl)c2)c1. The highest BCUT2D eigenvalue weighted by atomic mass is 35.5. The molecule has 118 valence electrons. The van der Waals surface area contributed by atoms with E-state index in [9.17, 15) is 9.59 Å². The van der Waals surface area contributed by atoms with Crippen LogP contribution in [0, 0.1) is 0 Å². The fraction of sp³-hybridized carbons (Fsp3) is 0.0588. The number of methoxy groups -OCH3 is 1. The van der Waals surface area contributed by atoms with Gasteiger partial charge in [-0.15, -0.1) is 0 Å². The Hall–Kier alpha value is -2.30. The van der Waals surface area contributed by atoms with Gasteiger partial charge in [-0.2, -0.15) is 0 Å². The van der Waals surface area contributed by atoms with Crippen LogP contribution in [0.25, 0.3) is 6.08 Å². The minimum Gasteiger partial charge on any atom is -0.465 e. The largest absolute Gasteiger partial charge is 0.465 e. The first-order valence-electron chi connectivity index (χ1n) is 6.62. The molecule has 4 nitrogen and oxygen atoms in total. The van der Waals surface area contributed by atoms with E-state index in [1.54, 1.807) is 42.5 Å². The van der Waals surface area contributed by atoms with Crippen LogP contribution in [0.15, 0.2) is 48.5 Å². The summed E-state index contributed by atoms with van der Waals surface area (Å²) in [6, 6.07) is 11.5. The van der Waals surface area contributed by atoms with Crippen molar-refractivity contribution in [1.29, 1.82) is 0 Å². The maximum absolute atomic E-state index is 11.9. The smallest absolute Gasteiger partial charge is 0.337 e. The maximum atomic E-state index is 11.9. The van der Waals surface area contributed by atoms with E-state index < -0.39 is 5.97 Å². The standard InChI is InChI=1S/C17H13Cl2NO3/c1-23-17(22)12-3-2-4-13(10-12)20-16(21)8-6-11-5-7-14(18)15(19)9-11/h2-10H,1H3,(H,20,21)/b8-6+. The molecule has 2 aromatic carbocycles. The third kappa shape index (κ3) is 4.84. The Kier molecular flexibility index (Phi) is 5.79. The van der Waals surface area contributed by atoms with Crippen LogP contribution >= 0.6 is 23.2 Å². The summed E-state index contributed by atoms with van der Waals surface area (Å²) >= 11 is 11.7. The van der Waals surface area contributed by atoms with E-state index in [0.29, 0.717) is 21.3 Å². The quantitative estimate of drug-likeness (QED) is 0.656. The number of amides is 1. The van der Waals surface area contributed by atoms with E-state index in [4.69, 9.17) is 23.2 Å². The molecule has 0 aromatic heterocycles. The number of ether oxygens (including phenoxy) is 1. The number of hydrogen-bond acceptors (Lipinski definition) is 3.